The molecule has 2 N–H and O–H groups in total. The van der Waals surface area contributed by atoms with Gasteiger partial charge in [0.1, 0.15) is 12.7 Å². The first kappa shape index (κ1) is 16.2. The third-order valence-corrected chi connectivity index (χ3v) is 2.95. The first-order chi connectivity index (χ1) is 9.31. The fourth-order valence-corrected chi connectivity index (χ4v) is 2.03. The number of benzene rings is 1. The van der Waals surface area contributed by atoms with Crippen LogP contribution in [0.5, 0.6) is 0 Å². The summed E-state index contributed by atoms with van der Waals surface area (Å²) in [5, 5.41) is 13.0. The van der Waals surface area contributed by atoms with Gasteiger partial charge in [0, 0.05) is 17.8 Å². The third kappa shape index (κ3) is 4.70. The molecule has 1 unspecified atom stereocenters. The summed E-state index contributed by atoms with van der Waals surface area (Å²) in [6, 6.07) is 4.17. The van der Waals surface area contributed by atoms with E-state index in [1.54, 1.807) is 6.92 Å². The molecule has 0 aliphatic carbocycles. The lowest BCUT2D eigenvalue weighted by Crippen LogP contribution is -2.27. The minimum Gasteiger partial charge on any atom is -0.460 e. The van der Waals surface area contributed by atoms with Crippen LogP contribution in [0.3, 0.4) is 0 Å². The molecular weight excluding hydrogens is 254 g/mol. The Kier molecular flexibility index (Phi) is 5.77. The minimum absolute atomic E-state index is 0.0390. The van der Waals surface area contributed by atoms with Crippen molar-refractivity contribution >= 4 is 11.7 Å². The zero-order chi connectivity index (χ0) is 15.3. The van der Waals surface area contributed by atoms with E-state index in [1.807, 2.05) is 13.8 Å². The summed E-state index contributed by atoms with van der Waals surface area (Å²) in [5.41, 5.74) is 4.82. The number of hydrogen-bond donors (Lipinski definition) is 2. The Bertz CT molecular complexity index is 485. The molecule has 0 aliphatic rings. The number of hydrogen-bond acceptors (Lipinski definition) is 4. The Balaban J connectivity index is 2.51. The Hall–Kier alpha value is -1.81. The van der Waals surface area contributed by atoms with Crippen molar-refractivity contribution in [1.29, 1.82) is 0 Å². The normalized spacial score (nSPS) is 11.8. The summed E-state index contributed by atoms with van der Waals surface area (Å²) in [7, 11) is 0. The topological polar surface area (TPSA) is 58.6 Å². The monoisotopic (exact) mass is 277 g/mol. The van der Waals surface area contributed by atoms with Gasteiger partial charge in [-0.05, 0) is 38.8 Å². The van der Waals surface area contributed by atoms with E-state index in [4.69, 9.17) is 4.74 Å². The molecule has 4 heteroatoms. The van der Waals surface area contributed by atoms with Gasteiger partial charge in [0.2, 0.25) is 0 Å². The molecule has 0 spiro atoms. The van der Waals surface area contributed by atoms with Crippen molar-refractivity contribution in [3.8, 4) is 0 Å². The summed E-state index contributed by atoms with van der Waals surface area (Å²) >= 11 is 0. The van der Waals surface area contributed by atoms with Crippen LogP contribution in [0.4, 0.5) is 5.69 Å². The number of aryl methyl sites for hydroxylation is 3. The highest BCUT2D eigenvalue weighted by Crippen LogP contribution is 2.21. The molecule has 0 radical (unpaired) electrons. The molecule has 0 fully saturated rings. The lowest BCUT2D eigenvalue weighted by atomic mass is 10.1. The third-order valence-electron chi connectivity index (χ3n) is 2.95. The van der Waals surface area contributed by atoms with Gasteiger partial charge >= 0.3 is 5.97 Å². The van der Waals surface area contributed by atoms with Crippen LogP contribution >= 0.6 is 0 Å². The van der Waals surface area contributed by atoms with Crippen LogP contribution in [-0.4, -0.2) is 30.3 Å². The number of carbonyl (C=O) groups excluding carboxylic acids is 1. The predicted octanol–water partition coefficient (Wildman–Crippen LogP) is 2.50. The van der Waals surface area contributed by atoms with Crippen LogP contribution in [0, 0.1) is 20.8 Å². The van der Waals surface area contributed by atoms with E-state index in [-0.39, 0.29) is 6.61 Å². The SMILES string of the molecule is C=C(C)C(=O)OCC(O)CNc1c(C)cc(C)cc1C. The second-order valence-corrected chi connectivity index (χ2v) is 5.19. The van der Waals surface area contributed by atoms with Gasteiger partial charge in [-0.1, -0.05) is 24.3 Å². The molecular formula is C16H23NO3. The van der Waals surface area contributed by atoms with Crippen LogP contribution < -0.4 is 5.32 Å². The molecule has 0 bridgehead atoms. The number of rotatable bonds is 6. The van der Waals surface area contributed by atoms with Gasteiger partial charge in [0.05, 0.1) is 0 Å². The largest absolute Gasteiger partial charge is 0.460 e. The van der Waals surface area contributed by atoms with E-state index in [0.29, 0.717) is 12.1 Å². The minimum atomic E-state index is -0.751. The van der Waals surface area contributed by atoms with Crippen LogP contribution in [-0.2, 0) is 9.53 Å². The summed E-state index contributed by atoms with van der Waals surface area (Å²) in [6.45, 7) is 11.4. The van der Waals surface area contributed by atoms with Crippen molar-refractivity contribution in [1.82, 2.24) is 0 Å². The molecule has 20 heavy (non-hydrogen) atoms. The Labute approximate surface area is 120 Å². The zero-order valence-corrected chi connectivity index (χ0v) is 12.6. The summed E-state index contributed by atoms with van der Waals surface area (Å²) < 4.78 is 4.90. The number of ether oxygens (including phenoxy) is 1. The molecule has 1 atom stereocenters. The first-order valence-corrected chi connectivity index (χ1v) is 6.63. The smallest absolute Gasteiger partial charge is 0.333 e. The Morgan fingerprint density at radius 2 is 1.90 bits per heavy atom. The maximum Gasteiger partial charge on any atom is 0.333 e. The number of aliphatic hydroxyl groups is 1. The van der Waals surface area contributed by atoms with Gasteiger partial charge in [-0.2, -0.15) is 0 Å². The molecule has 1 aromatic rings. The summed E-state index contributed by atoms with van der Waals surface area (Å²) in [5.74, 6) is -0.480. The van der Waals surface area contributed by atoms with E-state index in [0.717, 1.165) is 16.8 Å². The number of esters is 1. The molecule has 1 rings (SSSR count). The van der Waals surface area contributed by atoms with Crippen LogP contribution in [0.15, 0.2) is 24.3 Å². The van der Waals surface area contributed by atoms with Crippen molar-refractivity contribution in [3.05, 3.63) is 41.0 Å². The number of nitrogens with one attached hydrogen (secondary N) is 1. The molecule has 0 saturated carbocycles. The number of aliphatic hydroxyl groups excluding tert-OH is 1. The van der Waals surface area contributed by atoms with E-state index < -0.39 is 12.1 Å². The standard InChI is InChI=1S/C16H23NO3/c1-10(2)16(19)20-9-14(18)8-17-15-12(4)6-11(3)7-13(15)5/h6-7,14,17-18H,1,8-9H2,2-5H3. The predicted molar refractivity (Wildman–Crippen MR) is 80.9 cm³/mol. The van der Waals surface area contributed by atoms with E-state index in [2.05, 4.69) is 31.0 Å². The van der Waals surface area contributed by atoms with Crippen LogP contribution in [0.2, 0.25) is 0 Å². The molecule has 0 heterocycles. The zero-order valence-electron chi connectivity index (χ0n) is 12.6. The van der Waals surface area contributed by atoms with E-state index >= 15 is 0 Å². The van der Waals surface area contributed by atoms with Gasteiger partial charge in [-0.15, -0.1) is 0 Å². The second kappa shape index (κ2) is 7.10. The average molecular weight is 277 g/mol. The van der Waals surface area contributed by atoms with Gasteiger partial charge in [-0.3, -0.25) is 0 Å². The van der Waals surface area contributed by atoms with Gasteiger partial charge in [-0.25, -0.2) is 4.79 Å². The van der Waals surface area contributed by atoms with Gasteiger partial charge < -0.3 is 15.2 Å². The molecule has 0 aliphatic heterocycles. The lowest BCUT2D eigenvalue weighted by Gasteiger charge is -2.17. The number of anilines is 1. The lowest BCUT2D eigenvalue weighted by molar-refractivity contribution is -0.141. The average Bonchev–Trinajstić information content (AvgIpc) is 2.34. The number of carbonyl (C=O) groups is 1. The molecule has 0 saturated heterocycles. The van der Waals surface area contributed by atoms with Crippen molar-refractivity contribution in [3.63, 3.8) is 0 Å². The maximum absolute atomic E-state index is 11.2. The van der Waals surface area contributed by atoms with Crippen molar-refractivity contribution in [2.75, 3.05) is 18.5 Å². The first-order valence-electron chi connectivity index (χ1n) is 6.63. The fourth-order valence-electron chi connectivity index (χ4n) is 2.03. The molecule has 1 aromatic carbocycles. The van der Waals surface area contributed by atoms with Crippen molar-refractivity contribution in [2.45, 2.75) is 33.8 Å². The molecule has 4 nitrogen and oxygen atoms in total. The quantitative estimate of drug-likeness (QED) is 0.619. The summed E-state index contributed by atoms with van der Waals surface area (Å²) in [4.78, 5) is 11.2. The molecule has 110 valence electrons. The fraction of sp³-hybridized carbons (Fsp3) is 0.438. The Morgan fingerprint density at radius 1 is 1.35 bits per heavy atom. The van der Waals surface area contributed by atoms with Crippen LogP contribution in [0.25, 0.3) is 0 Å². The molecule has 0 amide bonds. The molecule has 0 aromatic heterocycles. The Morgan fingerprint density at radius 3 is 2.40 bits per heavy atom. The maximum atomic E-state index is 11.2. The van der Waals surface area contributed by atoms with Gasteiger partial charge in [0.25, 0.3) is 0 Å². The highest BCUT2D eigenvalue weighted by atomic mass is 16.5. The van der Waals surface area contributed by atoms with E-state index in [1.165, 1.54) is 5.56 Å². The highest BCUT2D eigenvalue weighted by Gasteiger charge is 2.10. The van der Waals surface area contributed by atoms with Crippen molar-refractivity contribution < 1.29 is 14.6 Å². The van der Waals surface area contributed by atoms with E-state index in [9.17, 15) is 9.90 Å². The summed E-state index contributed by atoms with van der Waals surface area (Å²) in [6.07, 6.45) is -0.751. The van der Waals surface area contributed by atoms with Crippen LogP contribution in [0.1, 0.15) is 23.6 Å². The second-order valence-electron chi connectivity index (χ2n) is 5.19. The highest BCUT2D eigenvalue weighted by molar-refractivity contribution is 5.86. The van der Waals surface area contributed by atoms with Gasteiger partial charge in [0.15, 0.2) is 0 Å². The van der Waals surface area contributed by atoms with Crippen molar-refractivity contribution in [2.24, 2.45) is 0 Å².